The van der Waals surface area contributed by atoms with E-state index in [2.05, 4.69) is 15.3 Å². The highest BCUT2D eigenvalue weighted by molar-refractivity contribution is 5.97. The van der Waals surface area contributed by atoms with Crippen LogP contribution in [0.4, 0.5) is 20.3 Å². The summed E-state index contributed by atoms with van der Waals surface area (Å²) in [7, 11) is 1.31. The van der Waals surface area contributed by atoms with E-state index in [0.717, 1.165) is 6.07 Å². The van der Waals surface area contributed by atoms with Crippen molar-refractivity contribution in [1.82, 2.24) is 9.97 Å². The first-order chi connectivity index (χ1) is 13.9. The van der Waals surface area contributed by atoms with Crippen molar-refractivity contribution < 1.29 is 23.0 Å². The number of primary amides is 1. The van der Waals surface area contributed by atoms with Crippen molar-refractivity contribution in [3.8, 4) is 22.8 Å². The lowest BCUT2D eigenvalue weighted by Gasteiger charge is -2.13. The van der Waals surface area contributed by atoms with Gasteiger partial charge in [0.1, 0.15) is 35.3 Å². The van der Waals surface area contributed by atoms with Crippen molar-refractivity contribution in [2.24, 2.45) is 5.73 Å². The number of hydrogen-bond donors (Lipinski definition) is 2. The minimum absolute atomic E-state index is 0.0165. The molecule has 7 nitrogen and oxygen atoms in total. The molecule has 0 aliphatic heterocycles. The van der Waals surface area contributed by atoms with Crippen LogP contribution < -0.4 is 20.5 Å². The Labute approximate surface area is 165 Å². The van der Waals surface area contributed by atoms with E-state index in [1.54, 1.807) is 13.0 Å². The normalized spacial score (nSPS) is 10.5. The van der Waals surface area contributed by atoms with Gasteiger partial charge in [0.25, 0.3) is 5.91 Å². The first-order valence-corrected chi connectivity index (χ1v) is 8.62. The summed E-state index contributed by atoms with van der Waals surface area (Å²) in [5.41, 5.74) is 6.30. The number of rotatable bonds is 7. The van der Waals surface area contributed by atoms with Gasteiger partial charge in [-0.05, 0) is 25.1 Å². The summed E-state index contributed by atoms with van der Waals surface area (Å²) in [6.45, 7) is 2.13. The van der Waals surface area contributed by atoms with Gasteiger partial charge in [0, 0.05) is 23.8 Å². The van der Waals surface area contributed by atoms with Gasteiger partial charge in [-0.3, -0.25) is 4.79 Å². The number of amides is 1. The van der Waals surface area contributed by atoms with E-state index in [4.69, 9.17) is 15.2 Å². The van der Waals surface area contributed by atoms with Crippen LogP contribution in [0.1, 0.15) is 17.3 Å². The third kappa shape index (κ3) is 4.40. The van der Waals surface area contributed by atoms with Crippen LogP contribution in [0.25, 0.3) is 11.3 Å². The zero-order valence-corrected chi connectivity index (χ0v) is 15.7. The Hall–Kier alpha value is -3.75. The molecule has 1 heterocycles. The van der Waals surface area contributed by atoms with Crippen LogP contribution in [0, 0.1) is 11.6 Å². The number of methoxy groups -OCH3 is 1. The van der Waals surface area contributed by atoms with Gasteiger partial charge in [-0.15, -0.1) is 0 Å². The molecule has 3 aromatic rings. The molecule has 29 heavy (non-hydrogen) atoms. The van der Waals surface area contributed by atoms with E-state index in [9.17, 15) is 13.6 Å². The van der Waals surface area contributed by atoms with Crippen molar-refractivity contribution in [2.75, 3.05) is 19.0 Å². The number of carbonyl (C=O) groups excluding carboxylic acids is 1. The Kier molecular flexibility index (Phi) is 5.87. The summed E-state index contributed by atoms with van der Waals surface area (Å²) in [5.74, 6) is -1.27. The molecule has 1 amide bonds. The number of halogens is 2. The van der Waals surface area contributed by atoms with E-state index in [-0.39, 0.29) is 22.8 Å². The molecule has 0 bridgehead atoms. The fourth-order valence-corrected chi connectivity index (χ4v) is 2.71. The summed E-state index contributed by atoms with van der Waals surface area (Å²) in [6, 6.07) is 7.92. The molecule has 3 N–H and O–H groups in total. The summed E-state index contributed by atoms with van der Waals surface area (Å²) in [4.78, 5) is 19.8. The van der Waals surface area contributed by atoms with E-state index >= 15 is 0 Å². The first-order valence-electron chi connectivity index (χ1n) is 8.62. The Morgan fingerprint density at radius 1 is 1.14 bits per heavy atom. The van der Waals surface area contributed by atoms with Crippen LogP contribution in [0.15, 0.2) is 42.7 Å². The fourth-order valence-electron chi connectivity index (χ4n) is 2.71. The minimum atomic E-state index is -0.763. The Morgan fingerprint density at radius 3 is 2.62 bits per heavy atom. The molecule has 0 atom stereocenters. The molecule has 150 valence electrons. The molecule has 0 spiro atoms. The summed E-state index contributed by atoms with van der Waals surface area (Å²) in [5, 5.41) is 2.79. The molecular formula is C20H18F2N4O3. The van der Waals surface area contributed by atoms with Crippen molar-refractivity contribution in [1.29, 1.82) is 0 Å². The van der Waals surface area contributed by atoms with Crippen molar-refractivity contribution in [2.45, 2.75) is 6.92 Å². The quantitative estimate of drug-likeness (QED) is 0.628. The van der Waals surface area contributed by atoms with Crippen molar-refractivity contribution >= 4 is 17.4 Å². The van der Waals surface area contributed by atoms with Gasteiger partial charge in [0.15, 0.2) is 0 Å². The molecule has 0 saturated heterocycles. The van der Waals surface area contributed by atoms with Gasteiger partial charge in [0.05, 0.1) is 30.7 Å². The predicted molar refractivity (Wildman–Crippen MR) is 103 cm³/mol. The van der Waals surface area contributed by atoms with Crippen LogP contribution in [-0.4, -0.2) is 29.6 Å². The average molecular weight is 400 g/mol. The number of benzene rings is 2. The monoisotopic (exact) mass is 400 g/mol. The zero-order chi connectivity index (χ0) is 21.0. The maximum atomic E-state index is 14.4. The molecule has 9 heteroatoms. The highest BCUT2D eigenvalue weighted by atomic mass is 19.1. The summed E-state index contributed by atoms with van der Waals surface area (Å²) in [6.07, 6.45) is 1.27. The van der Waals surface area contributed by atoms with Crippen molar-refractivity contribution in [3.63, 3.8) is 0 Å². The topological polar surface area (TPSA) is 99.4 Å². The lowest BCUT2D eigenvalue weighted by atomic mass is 10.1. The van der Waals surface area contributed by atoms with Crippen LogP contribution in [-0.2, 0) is 0 Å². The third-order valence-corrected chi connectivity index (χ3v) is 4.00. The number of hydrogen-bond acceptors (Lipinski definition) is 6. The zero-order valence-electron chi connectivity index (χ0n) is 15.7. The SMILES string of the molecule is CCOc1cc(F)ccc1-c1cc(Nc2cc(C(N)=O)c(OC)cc2F)ncn1. The maximum Gasteiger partial charge on any atom is 0.252 e. The molecule has 0 fully saturated rings. The van der Waals surface area contributed by atoms with E-state index in [1.807, 2.05) is 0 Å². The van der Waals surface area contributed by atoms with Gasteiger partial charge >= 0.3 is 0 Å². The van der Waals surface area contributed by atoms with Gasteiger partial charge < -0.3 is 20.5 Å². The molecule has 0 radical (unpaired) electrons. The van der Waals surface area contributed by atoms with Crippen molar-refractivity contribution in [3.05, 3.63) is 59.9 Å². The standard InChI is InChI=1S/C20H18F2N4O3/c1-3-29-18-6-11(21)4-5-12(18)15-9-19(25-10-24-15)26-16-7-13(20(23)27)17(28-2)8-14(16)22/h4-10H,3H2,1-2H3,(H2,23,27)(H,24,25,26). The summed E-state index contributed by atoms with van der Waals surface area (Å²) >= 11 is 0. The lowest BCUT2D eigenvalue weighted by molar-refractivity contribution is 0.0997. The Morgan fingerprint density at radius 2 is 1.93 bits per heavy atom. The molecular weight excluding hydrogens is 382 g/mol. The minimum Gasteiger partial charge on any atom is -0.496 e. The Balaban J connectivity index is 1.98. The number of ether oxygens (including phenoxy) is 2. The third-order valence-electron chi connectivity index (χ3n) is 4.00. The molecule has 0 unspecified atom stereocenters. The number of nitrogens with zero attached hydrogens (tertiary/aromatic N) is 2. The Bertz CT molecular complexity index is 1060. The van der Waals surface area contributed by atoms with Crippen LogP contribution in [0.3, 0.4) is 0 Å². The average Bonchev–Trinajstić information content (AvgIpc) is 2.69. The van der Waals surface area contributed by atoms with E-state index < -0.39 is 17.5 Å². The number of nitrogens with two attached hydrogens (primary N) is 1. The van der Waals surface area contributed by atoms with Crippen LogP contribution in [0.2, 0.25) is 0 Å². The summed E-state index contributed by atoms with van der Waals surface area (Å²) < 4.78 is 38.4. The fraction of sp³-hybridized carbons (Fsp3) is 0.150. The van der Waals surface area contributed by atoms with Gasteiger partial charge in [-0.1, -0.05) is 0 Å². The number of nitrogens with one attached hydrogen (secondary N) is 1. The van der Waals surface area contributed by atoms with E-state index in [1.165, 1.54) is 37.7 Å². The van der Waals surface area contributed by atoms with Gasteiger partial charge in [-0.25, -0.2) is 18.7 Å². The van der Waals surface area contributed by atoms with Crippen LogP contribution >= 0.6 is 0 Å². The van der Waals surface area contributed by atoms with E-state index in [0.29, 0.717) is 23.6 Å². The second kappa shape index (κ2) is 8.51. The number of anilines is 2. The van der Waals surface area contributed by atoms with Gasteiger partial charge in [0.2, 0.25) is 0 Å². The molecule has 3 rings (SSSR count). The number of aromatic nitrogens is 2. The van der Waals surface area contributed by atoms with Gasteiger partial charge in [-0.2, -0.15) is 0 Å². The second-order valence-corrected chi connectivity index (χ2v) is 5.88. The largest absolute Gasteiger partial charge is 0.496 e. The molecule has 0 aliphatic rings. The predicted octanol–water partition coefficient (Wildman–Crippen LogP) is 3.67. The van der Waals surface area contributed by atoms with Crippen LogP contribution in [0.5, 0.6) is 11.5 Å². The smallest absolute Gasteiger partial charge is 0.252 e. The molecule has 0 aliphatic carbocycles. The highest BCUT2D eigenvalue weighted by Crippen LogP contribution is 2.32. The number of carbonyl (C=O) groups is 1. The highest BCUT2D eigenvalue weighted by Gasteiger charge is 2.16. The molecule has 2 aromatic carbocycles. The lowest BCUT2D eigenvalue weighted by Crippen LogP contribution is -2.13. The maximum absolute atomic E-state index is 14.4. The first kappa shape index (κ1) is 20.0. The molecule has 0 saturated carbocycles. The second-order valence-electron chi connectivity index (χ2n) is 5.88. The molecule has 1 aromatic heterocycles.